The van der Waals surface area contributed by atoms with E-state index in [0.717, 1.165) is 16.9 Å². The molecule has 2 aromatic rings. The molecule has 0 atom stereocenters. The lowest BCUT2D eigenvalue weighted by molar-refractivity contribution is 0.0964. The topological polar surface area (TPSA) is 48.0 Å². The Morgan fingerprint density at radius 3 is 3.00 bits per heavy atom. The monoisotopic (exact) mass is 220 g/mol. The van der Waals surface area contributed by atoms with Crippen molar-refractivity contribution >= 4 is 17.2 Å². The number of rotatable bonds is 3. The summed E-state index contributed by atoms with van der Waals surface area (Å²) in [5, 5.41) is 1.90. The van der Waals surface area contributed by atoms with Gasteiger partial charge in [-0.3, -0.25) is 9.36 Å². The maximum absolute atomic E-state index is 11.9. The Bertz CT molecular complexity index is 445. The third kappa shape index (κ3) is 2.16. The molecule has 0 unspecified atom stereocenters. The first-order valence-corrected chi connectivity index (χ1v) is 5.64. The SMILES string of the molecule is NCCc1ccn(C(=O)c2cccs2)c1. The summed E-state index contributed by atoms with van der Waals surface area (Å²) in [6.45, 7) is 0.608. The average Bonchev–Trinajstić information content (AvgIpc) is 2.87. The lowest BCUT2D eigenvalue weighted by atomic mass is 10.2. The van der Waals surface area contributed by atoms with Crippen LogP contribution in [0, 0.1) is 0 Å². The van der Waals surface area contributed by atoms with Gasteiger partial charge in [0.05, 0.1) is 4.88 Å². The van der Waals surface area contributed by atoms with Crippen LogP contribution in [0.15, 0.2) is 36.0 Å². The van der Waals surface area contributed by atoms with E-state index in [-0.39, 0.29) is 5.91 Å². The maximum atomic E-state index is 11.9. The predicted octanol–water partition coefficient (Wildman–Crippen LogP) is 1.74. The molecule has 0 radical (unpaired) electrons. The molecule has 0 bridgehead atoms. The second-order valence-corrected chi connectivity index (χ2v) is 4.20. The molecule has 2 N–H and O–H groups in total. The molecule has 0 amide bonds. The first-order valence-electron chi connectivity index (χ1n) is 4.76. The highest BCUT2D eigenvalue weighted by atomic mass is 32.1. The standard InChI is InChI=1S/C11H12N2OS/c12-5-3-9-4-6-13(8-9)11(14)10-2-1-7-15-10/h1-2,4,6-8H,3,5,12H2. The number of hydrogen-bond donors (Lipinski definition) is 1. The van der Waals surface area contributed by atoms with Crippen molar-refractivity contribution in [3.63, 3.8) is 0 Å². The third-order valence-corrected chi connectivity index (χ3v) is 3.01. The predicted molar refractivity (Wildman–Crippen MR) is 61.2 cm³/mol. The van der Waals surface area contributed by atoms with E-state index in [9.17, 15) is 4.79 Å². The van der Waals surface area contributed by atoms with Gasteiger partial charge >= 0.3 is 0 Å². The van der Waals surface area contributed by atoms with E-state index < -0.39 is 0 Å². The zero-order chi connectivity index (χ0) is 10.7. The first-order chi connectivity index (χ1) is 7.31. The molecule has 0 aliphatic rings. The molecule has 0 aliphatic carbocycles. The smallest absolute Gasteiger partial charge is 0.271 e. The molecule has 0 saturated heterocycles. The molecule has 0 spiro atoms. The Labute approximate surface area is 92.1 Å². The minimum atomic E-state index is 0.0215. The fourth-order valence-corrected chi connectivity index (χ4v) is 2.08. The fourth-order valence-electron chi connectivity index (χ4n) is 1.41. The van der Waals surface area contributed by atoms with Crippen molar-refractivity contribution in [2.45, 2.75) is 6.42 Å². The second kappa shape index (κ2) is 4.42. The van der Waals surface area contributed by atoms with Gasteiger partial charge in [0.1, 0.15) is 0 Å². The quantitative estimate of drug-likeness (QED) is 0.856. The normalized spacial score (nSPS) is 10.5. The zero-order valence-electron chi connectivity index (χ0n) is 8.22. The van der Waals surface area contributed by atoms with Crippen LogP contribution in [0.3, 0.4) is 0 Å². The summed E-state index contributed by atoms with van der Waals surface area (Å²) in [5.41, 5.74) is 6.55. The Hall–Kier alpha value is -1.39. The van der Waals surface area contributed by atoms with E-state index in [2.05, 4.69) is 0 Å². The number of aromatic nitrogens is 1. The largest absolute Gasteiger partial charge is 0.330 e. The molecule has 0 saturated carbocycles. The molecule has 4 heteroatoms. The zero-order valence-corrected chi connectivity index (χ0v) is 9.04. The van der Waals surface area contributed by atoms with Crippen molar-refractivity contribution in [2.75, 3.05) is 6.54 Å². The Kier molecular flexibility index (Phi) is 2.99. The Balaban J connectivity index is 2.19. The van der Waals surface area contributed by atoms with Crippen LogP contribution in [0.4, 0.5) is 0 Å². The molecule has 15 heavy (non-hydrogen) atoms. The Morgan fingerprint density at radius 2 is 2.33 bits per heavy atom. The maximum Gasteiger partial charge on any atom is 0.271 e. The lowest BCUT2D eigenvalue weighted by Gasteiger charge is -1.97. The number of nitrogens with zero attached hydrogens (tertiary/aromatic N) is 1. The van der Waals surface area contributed by atoms with E-state index in [4.69, 9.17) is 5.73 Å². The van der Waals surface area contributed by atoms with Crippen molar-refractivity contribution in [1.82, 2.24) is 4.57 Å². The Morgan fingerprint density at radius 1 is 1.47 bits per heavy atom. The van der Waals surface area contributed by atoms with Crippen molar-refractivity contribution < 1.29 is 4.79 Å². The summed E-state index contributed by atoms with van der Waals surface area (Å²) in [5.74, 6) is 0.0215. The van der Waals surface area contributed by atoms with Crippen molar-refractivity contribution in [3.05, 3.63) is 46.4 Å². The number of hydrogen-bond acceptors (Lipinski definition) is 3. The second-order valence-electron chi connectivity index (χ2n) is 3.25. The van der Waals surface area contributed by atoms with Gasteiger partial charge in [0.2, 0.25) is 0 Å². The van der Waals surface area contributed by atoms with Crippen LogP contribution in [0.5, 0.6) is 0 Å². The summed E-state index contributed by atoms with van der Waals surface area (Å²) >= 11 is 1.45. The van der Waals surface area contributed by atoms with Crippen LogP contribution in [0.25, 0.3) is 0 Å². The van der Waals surface area contributed by atoms with E-state index in [1.54, 1.807) is 10.8 Å². The molecule has 2 heterocycles. The van der Waals surface area contributed by atoms with E-state index >= 15 is 0 Å². The summed E-state index contributed by atoms with van der Waals surface area (Å²) in [6.07, 6.45) is 4.44. The summed E-state index contributed by atoms with van der Waals surface area (Å²) < 4.78 is 1.61. The number of carbonyl (C=O) groups is 1. The van der Waals surface area contributed by atoms with Gasteiger partial charge < -0.3 is 5.73 Å². The average molecular weight is 220 g/mol. The highest BCUT2D eigenvalue weighted by molar-refractivity contribution is 7.12. The molecular weight excluding hydrogens is 208 g/mol. The van der Waals surface area contributed by atoms with Crippen molar-refractivity contribution in [1.29, 1.82) is 0 Å². The molecule has 0 fully saturated rings. The van der Waals surface area contributed by atoms with Gasteiger partial charge in [-0.15, -0.1) is 11.3 Å². The van der Waals surface area contributed by atoms with E-state index in [1.807, 2.05) is 29.8 Å². The van der Waals surface area contributed by atoms with Crippen LogP contribution in [-0.2, 0) is 6.42 Å². The van der Waals surface area contributed by atoms with Gasteiger partial charge in [-0.1, -0.05) is 6.07 Å². The molecule has 78 valence electrons. The highest BCUT2D eigenvalue weighted by Gasteiger charge is 2.08. The highest BCUT2D eigenvalue weighted by Crippen LogP contribution is 2.12. The van der Waals surface area contributed by atoms with Gasteiger partial charge in [-0.25, -0.2) is 0 Å². The van der Waals surface area contributed by atoms with Gasteiger partial charge in [0.25, 0.3) is 5.91 Å². The van der Waals surface area contributed by atoms with Crippen molar-refractivity contribution in [3.8, 4) is 0 Å². The fraction of sp³-hybridized carbons (Fsp3) is 0.182. The van der Waals surface area contributed by atoms with E-state index in [1.165, 1.54) is 11.3 Å². The van der Waals surface area contributed by atoms with Gasteiger partial charge in [-0.2, -0.15) is 0 Å². The number of carbonyl (C=O) groups excluding carboxylic acids is 1. The van der Waals surface area contributed by atoms with Gasteiger partial charge in [0, 0.05) is 12.4 Å². The first kappa shape index (κ1) is 10.1. The van der Waals surface area contributed by atoms with Crippen LogP contribution in [0.1, 0.15) is 15.2 Å². The molecule has 2 aromatic heterocycles. The molecule has 2 rings (SSSR count). The summed E-state index contributed by atoms with van der Waals surface area (Å²) in [4.78, 5) is 12.6. The molecule has 0 aromatic carbocycles. The van der Waals surface area contributed by atoms with E-state index in [0.29, 0.717) is 6.54 Å². The minimum Gasteiger partial charge on any atom is -0.330 e. The van der Waals surface area contributed by atoms with Crippen LogP contribution >= 0.6 is 11.3 Å². The summed E-state index contributed by atoms with van der Waals surface area (Å²) in [7, 11) is 0. The van der Waals surface area contributed by atoms with Crippen molar-refractivity contribution in [2.24, 2.45) is 5.73 Å². The minimum absolute atomic E-state index is 0.0215. The molecule has 0 aliphatic heterocycles. The molecule has 3 nitrogen and oxygen atoms in total. The number of thiophene rings is 1. The van der Waals surface area contributed by atoms with Gasteiger partial charge in [0.15, 0.2) is 0 Å². The third-order valence-electron chi connectivity index (χ3n) is 2.15. The molecular formula is C11H12N2OS. The van der Waals surface area contributed by atoms with Gasteiger partial charge in [-0.05, 0) is 36.0 Å². The van der Waals surface area contributed by atoms with Crippen LogP contribution in [0.2, 0.25) is 0 Å². The summed E-state index contributed by atoms with van der Waals surface area (Å²) in [6, 6.07) is 5.64. The number of nitrogens with two attached hydrogens (primary N) is 1. The van der Waals surface area contributed by atoms with Crippen LogP contribution < -0.4 is 5.73 Å². The lowest BCUT2D eigenvalue weighted by Crippen LogP contribution is -2.08. The van der Waals surface area contributed by atoms with Crippen LogP contribution in [-0.4, -0.2) is 17.0 Å².